The second kappa shape index (κ2) is 7.64. The maximum atomic E-state index is 12.1. The van der Waals surface area contributed by atoms with Crippen LogP contribution in [0.4, 0.5) is 5.69 Å². The minimum absolute atomic E-state index is 0.145. The fraction of sp³-hybridized carbons (Fsp3) is 0.263. The fourth-order valence-electron chi connectivity index (χ4n) is 2.40. The third-order valence-corrected chi connectivity index (χ3v) is 3.69. The van der Waals surface area contributed by atoms with Gasteiger partial charge in [-0.15, -0.1) is 0 Å². The highest BCUT2D eigenvalue weighted by atomic mass is 16.5. The van der Waals surface area contributed by atoms with Gasteiger partial charge in [0, 0.05) is 0 Å². The number of aryl methyl sites for hydroxylation is 1. The van der Waals surface area contributed by atoms with Crippen molar-refractivity contribution < 1.29 is 14.3 Å². The molecule has 0 aliphatic heterocycles. The van der Waals surface area contributed by atoms with Crippen LogP contribution < -0.4 is 15.8 Å². The number of carbonyl (C=O) groups is 2. The topological polar surface area (TPSA) is 81.4 Å². The third kappa shape index (κ3) is 4.35. The zero-order chi connectivity index (χ0) is 17.7. The Bertz CT molecular complexity index is 754. The monoisotopic (exact) mass is 326 g/mol. The summed E-state index contributed by atoms with van der Waals surface area (Å²) in [6.45, 7) is 5.81. The zero-order valence-electron chi connectivity index (χ0n) is 14.1. The van der Waals surface area contributed by atoms with Crippen LogP contribution in [0.25, 0.3) is 0 Å². The first kappa shape index (κ1) is 17.5. The van der Waals surface area contributed by atoms with Crippen LogP contribution in [0, 0.1) is 6.92 Å². The highest BCUT2D eigenvalue weighted by molar-refractivity contribution is 6.04. The second-order valence-corrected chi connectivity index (χ2v) is 5.93. The van der Waals surface area contributed by atoms with Crippen LogP contribution >= 0.6 is 0 Å². The second-order valence-electron chi connectivity index (χ2n) is 5.93. The van der Waals surface area contributed by atoms with Gasteiger partial charge in [0.2, 0.25) is 0 Å². The van der Waals surface area contributed by atoms with Crippen molar-refractivity contribution >= 4 is 17.5 Å². The normalized spacial score (nSPS) is 10.5. The van der Waals surface area contributed by atoms with Gasteiger partial charge in [0.15, 0.2) is 6.61 Å². The van der Waals surface area contributed by atoms with Crippen molar-refractivity contribution in [1.29, 1.82) is 0 Å². The Hall–Kier alpha value is -2.82. The van der Waals surface area contributed by atoms with E-state index in [0.717, 1.165) is 5.56 Å². The summed E-state index contributed by atoms with van der Waals surface area (Å²) < 4.78 is 5.53. The molecule has 0 aromatic heterocycles. The standard InChI is InChI=1S/C19H22N2O3/c1-12(2)14-7-5-8-15(10-14)24-11-17(22)21-16-9-4-6-13(3)18(16)19(20)23/h4-10,12H,11H2,1-3H3,(H2,20,23)(H,21,22). The van der Waals surface area contributed by atoms with E-state index in [-0.39, 0.29) is 12.5 Å². The van der Waals surface area contributed by atoms with E-state index < -0.39 is 5.91 Å². The van der Waals surface area contributed by atoms with E-state index in [1.165, 1.54) is 0 Å². The Balaban J connectivity index is 2.03. The number of nitrogens with two attached hydrogens (primary N) is 1. The van der Waals surface area contributed by atoms with Gasteiger partial charge >= 0.3 is 0 Å². The van der Waals surface area contributed by atoms with Crippen molar-refractivity contribution in [2.75, 3.05) is 11.9 Å². The van der Waals surface area contributed by atoms with Crippen molar-refractivity contribution in [1.82, 2.24) is 0 Å². The molecule has 0 radical (unpaired) electrons. The van der Waals surface area contributed by atoms with Gasteiger partial charge in [-0.05, 0) is 42.2 Å². The molecule has 3 N–H and O–H groups in total. The van der Waals surface area contributed by atoms with Crippen LogP contribution in [0.3, 0.4) is 0 Å². The van der Waals surface area contributed by atoms with Crippen LogP contribution in [0.1, 0.15) is 41.3 Å². The molecule has 0 bridgehead atoms. The van der Waals surface area contributed by atoms with Crippen molar-refractivity contribution in [2.45, 2.75) is 26.7 Å². The number of nitrogens with one attached hydrogen (secondary N) is 1. The molecule has 2 aromatic rings. The molecule has 126 valence electrons. The summed E-state index contributed by atoms with van der Waals surface area (Å²) in [5.74, 6) is 0.0931. The van der Waals surface area contributed by atoms with Crippen molar-refractivity contribution in [3.63, 3.8) is 0 Å². The summed E-state index contributed by atoms with van der Waals surface area (Å²) in [6, 6.07) is 12.8. The molecule has 0 heterocycles. The predicted octanol–water partition coefficient (Wildman–Crippen LogP) is 3.23. The average molecular weight is 326 g/mol. The summed E-state index contributed by atoms with van der Waals surface area (Å²) in [7, 11) is 0. The maximum absolute atomic E-state index is 12.1. The quantitative estimate of drug-likeness (QED) is 0.855. The van der Waals surface area contributed by atoms with E-state index >= 15 is 0 Å². The summed E-state index contributed by atoms with van der Waals surface area (Å²) >= 11 is 0. The van der Waals surface area contributed by atoms with Gasteiger partial charge in [0.05, 0.1) is 11.3 Å². The molecule has 2 amide bonds. The number of amides is 2. The lowest BCUT2D eigenvalue weighted by Gasteiger charge is -2.12. The summed E-state index contributed by atoms with van der Waals surface area (Å²) in [6.07, 6.45) is 0. The number of carbonyl (C=O) groups excluding carboxylic acids is 2. The molecule has 24 heavy (non-hydrogen) atoms. The molecule has 0 spiro atoms. The number of ether oxygens (including phenoxy) is 1. The summed E-state index contributed by atoms with van der Waals surface area (Å²) in [5, 5.41) is 2.68. The predicted molar refractivity (Wildman–Crippen MR) is 94.4 cm³/mol. The van der Waals surface area contributed by atoms with Gasteiger partial charge in [0.1, 0.15) is 5.75 Å². The molecule has 0 atom stereocenters. The van der Waals surface area contributed by atoms with Crippen LogP contribution in [-0.2, 0) is 4.79 Å². The zero-order valence-corrected chi connectivity index (χ0v) is 14.1. The lowest BCUT2D eigenvalue weighted by atomic mass is 10.0. The molecule has 0 unspecified atom stereocenters. The van der Waals surface area contributed by atoms with Gasteiger partial charge in [-0.3, -0.25) is 9.59 Å². The highest BCUT2D eigenvalue weighted by Gasteiger charge is 2.13. The van der Waals surface area contributed by atoms with Gasteiger partial charge < -0.3 is 15.8 Å². The summed E-state index contributed by atoms with van der Waals surface area (Å²) in [4.78, 5) is 23.6. The smallest absolute Gasteiger partial charge is 0.262 e. The Morgan fingerprint density at radius 1 is 1.17 bits per heavy atom. The number of hydrogen-bond acceptors (Lipinski definition) is 3. The van der Waals surface area contributed by atoms with Gasteiger partial charge in [-0.2, -0.15) is 0 Å². The van der Waals surface area contributed by atoms with Crippen molar-refractivity contribution in [3.8, 4) is 5.75 Å². The minimum atomic E-state index is -0.575. The van der Waals surface area contributed by atoms with Crippen LogP contribution in [0.2, 0.25) is 0 Å². The van der Waals surface area contributed by atoms with Crippen LogP contribution in [-0.4, -0.2) is 18.4 Å². The Morgan fingerprint density at radius 3 is 2.54 bits per heavy atom. The molecular formula is C19H22N2O3. The Morgan fingerprint density at radius 2 is 1.88 bits per heavy atom. The average Bonchev–Trinajstić information content (AvgIpc) is 2.53. The molecule has 0 aliphatic carbocycles. The Labute approximate surface area is 141 Å². The maximum Gasteiger partial charge on any atom is 0.262 e. The highest BCUT2D eigenvalue weighted by Crippen LogP contribution is 2.21. The van der Waals surface area contributed by atoms with E-state index in [4.69, 9.17) is 10.5 Å². The largest absolute Gasteiger partial charge is 0.484 e. The first-order chi connectivity index (χ1) is 11.4. The molecule has 0 saturated carbocycles. The first-order valence-corrected chi connectivity index (χ1v) is 7.80. The van der Waals surface area contributed by atoms with Crippen molar-refractivity contribution in [3.05, 3.63) is 59.2 Å². The fourth-order valence-corrected chi connectivity index (χ4v) is 2.40. The third-order valence-electron chi connectivity index (χ3n) is 3.69. The number of benzene rings is 2. The van der Waals surface area contributed by atoms with Gasteiger partial charge in [-0.1, -0.05) is 38.1 Å². The lowest BCUT2D eigenvalue weighted by molar-refractivity contribution is -0.118. The van der Waals surface area contributed by atoms with E-state index in [9.17, 15) is 9.59 Å². The minimum Gasteiger partial charge on any atom is -0.484 e. The molecule has 0 saturated heterocycles. The van der Waals surface area contributed by atoms with E-state index in [2.05, 4.69) is 19.2 Å². The number of rotatable bonds is 6. The van der Waals surface area contributed by atoms with E-state index in [1.54, 1.807) is 31.2 Å². The summed E-state index contributed by atoms with van der Waals surface area (Å²) in [5.41, 5.74) is 7.94. The number of anilines is 1. The van der Waals surface area contributed by atoms with Crippen LogP contribution in [0.15, 0.2) is 42.5 Å². The first-order valence-electron chi connectivity index (χ1n) is 7.80. The number of primary amides is 1. The van der Waals surface area contributed by atoms with Crippen LogP contribution in [0.5, 0.6) is 5.75 Å². The molecule has 5 nitrogen and oxygen atoms in total. The molecule has 0 aliphatic rings. The SMILES string of the molecule is Cc1cccc(NC(=O)COc2cccc(C(C)C)c2)c1C(N)=O. The Kier molecular flexibility index (Phi) is 5.58. The molecule has 5 heteroatoms. The van der Waals surface area contributed by atoms with Crippen molar-refractivity contribution in [2.24, 2.45) is 5.73 Å². The lowest BCUT2D eigenvalue weighted by Crippen LogP contribution is -2.23. The molecule has 0 fully saturated rings. The van der Waals surface area contributed by atoms with Gasteiger partial charge in [-0.25, -0.2) is 0 Å². The number of hydrogen-bond donors (Lipinski definition) is 2. The van der Waals surface area contributed by atoms with Gasteiger partial charge in [0.25, 0.3) is 11.8 Å². The molecular weight excluding hydrogens is 304 g/mol. The molecule has 2 rings (SSSR count). The molecule has 2 aromatic carbocycles. The van der Waals surface area contributed by atoms with E-state index in [0.29, 0.717) is 28.5 Å². The van der Waals surface area contributed by atoms with E-state index in [1.807, 2.05) is 18.2 Å².